The molecule has 16 heavy (non-hydrogen) atoms. The average Bonchev–Trinajstić information content (AvgIpc) is 2.63. The molecule has 0 spiro atoms. The van der Waals surface area contributed by atoms with Gasteiger partial charge in [0.1, 0.15) is 0 Å². The van der Waals surface area contributed by atoms with Crippen LogP contribution < -0.4 is 10.2 Å². The summed E-state index contributed by atoms with van der Waals surface area (Å²) in [6.45, 7) is 5.65. The number of anilines is 1. The Morgan fingerprint density at radius 3 is 2.81 bits per heavy atom. The van der Waals surface area contributed by atoms with E-state index in [2.05, 4.69) is 40.3 Å². The lowest BCUT2D eigenvalue weighted by Crippen LogP contribution is -2.29. The van der Waals surface area contributed by atoms with Crippen LogP contribution in [0, 0.1) is 6.92 Å². The van der Waals surface area contributed by atoms with Gasteiger partial charge in [-0.25, -0.2) is 4.79 Å². The fourth-order valence-corrected chi connectivity index (χ4v) is 2.77. The zero-order valence-corrected chi connectivity index (χ0v) is 11.1. The molecule has 2 amide bonds. The van der Waals surface area contributed by atoms with E-state index >= 15 is 0 Å². The van der Waals surface area contributed by atoms with Crippen LogP contribution in [0.3, 0.4) is 0 Å². The Morgan fingerprint density at radius 2 is 2.25 bits per heavy atom. The van der Waals surface area contributed by atoms with Crippen molar-refractivity contribution in [3.05, 3.63) is 27.7 Å². The van der Waals surface area contributed by atoms with Crippen molar-refractivity contribution in [1.29, 1.82) is 0 Å². The van der Waals surface area contributed by atoms with Gasteiger partial charge in [0.15, 0.2) is 0 Å². The Balaban J connectivity index is 2.50. The molecule has 0 bridgehead atoms. The molecule has 1 fully saturated rings. The van der Waals surface area contributed by atoms with Crippen LogP contribution in [0.4, 0.5) is 10.5 Å². The molecule has 1 aromatic rings. The summed E-state index contributed by atoms with van der Waals surface area (Å²) in [5, 5.41) is 2.84. The van der Waals surface area contributed by atoms with Gasteiger partial charge in [0.25, 0.3) is 0 Å². The quantitative estimate of drug-likeness (QED) is 0.889. The maximum atomic E-state index is 11.7. The number of amides is 2. The fraction of sp³-hybridized carbons (Fsp3) is 0.417. The van der Waals surface area contributed by atoms with Crippen molar-refractivity contribution in [2.24, 2.45) is 0 Å². The molecular weight excluding hydrogens is 268 g/mol. The Bertz CT molecular complexity index is 431. The molecule has 3 nitrogen and oxygen atoms in total. The van der Waals surface area contributed by atoms with Crippen molar-refractivity contribution >= 4 is 27.6 Å². The maximum Gasteiger partial charge on any atom is 0.322 e. The molecule has 1 heterocycles. The van der Waals surface area contributed by atoms with Gasteiger partial charge >= 0.3 is 6.03 Å². The standard InChI is InChI=1S/C12H15BrN2O/c1-3-9-7-10(13)6-8(2)11(9)15-5-4-14-12(15)16/h6-7H,3-5H2,1-2H3,(H,14,16). The van der Waals surface area contributed by atoms with Crippen LogP contribution in [0.2, 0.25) is 0 Å². The van der Waals surface area contributed by atoms with E-state index in [0.29, 0.717) is 0 Å². The highest BCUT2D eigenvalue weighted by Crippen LogP contribution is 2.30. The Kier molecular flexibility index (Phi) is 3.19. The van der Waals surface area contributed by atoms with E-state index in [1.807, 2.05) is 11.8 Å². The highest BCUT2D eigenvalue weighted by atomic mass is 79.9. The third-order valence-corrected chi connectivity index (χ3v) is 3.31. The van der Waals surface area contributed by atoms with Gasteiger partial charge in [0, 0.05) is 17.6 Å². The van der Waals surface area contributed by atoms with Crippen LogP contribution >= 0.6 is 15.9 Å². The van der Waals surface area contributed by atoms with E-state index in [1.54, 1.807) is 0 Å². The number of hydrogen-bond acceptors (Lipinski definition) is 1. The lowest BCUT2D eigenvalue weighted by Gasteiger charge is -2.21. The molecule has 1 saturated heterocycles. The predicted molar refractivity (Wildman–Crippen MR) is 69.0 cm³/mol. The van der Waals surface area contributed by atoms with E-state index in [-0.39, 0.29) is 6.03 Å². The summed E-state index contributed by atoms with van der Waals surface area (Å²) in [6.07, 6.45) is 0.930. The first-order valence-corrected chi connectivity index (χ1v) is 6.27. The topological polar surface area (TPSA) is 32.3 Å². The first-order valence-electron chi connectivity index (χ1n) is 5.48. The molecule has 0 unspecified atom stereocenters. The molecule has 0 atom stereocenters. The third kappa shape index (κ3) is 1.94. The second-order valence-electron chi connectivity index (χ2n) is 3.97. The third-order valence-electron chi connectivity index (χ3n) is 2.85. The molecule has 1 N–H and O–H groups in total. The minimum atomic E-state index is 0.0140. The minimum absolute atomic E-state index is 0.0140. The monoisotopic (exact) mass is 282 g/mol. The average molecular weight is 283 g/mol. The number of nitrogens with zero attached hydrogens (tertiary/aromatic N) is 1. The lowest BCUT2D eigenvalue weighted by atomic mass is 10.0. The van der Waals surface area contributed by atoms with E-state index in [0.717, 1.165) is 35.2 Å². The SMILES string of the molecule is CCc1cc(Br)cc(C)c1N1CCNC1=O. The molecule has 0 aromatic heterocycles. The number of benzene rings is 1. The smallest absolute Gasteiger partial charge is 0.322 e. The predicted octanol–water partition coefficient (Wildman–Crippen LogP) is 2.85. The summed E-state index contributed by atoms with van der Waals surface area (Å²) in [6, 6.07) is 4.16. The number of carbonyl (C=O) groups is 1. The van der Waals surface area contributed by atoms with Gasteiger partial charge in [-0.2, -0.15) is 0 Å². The Morgan fingerprint density at radius 1 is 1.50 bits per heavy atom. The van der Waals surface area contributed by atoms with E-state index in [9.17, 15) is 4.79 Å². The van der Waals surface area contributed by atoms with Crippen LogP contribution in [-0.4, -0.2) is 19.1 Å². The molecule has 0 saturated carbocycles. The molecular formula is C12H15BrN2O. The van der Waals surface area contributed by atoms with Gasteiger partial charge < -0.3 is 5.32 Å². The van der Waals surface area contributed by atoms with E-state index in [1.165, 1.54) is 5.56 Å². The molecule has 1 aliphatic heterocycles. The maximum absolute atomic E-state index is 11.7. The van der Waals surface area contributed by atoms with Crippen molar-refractivity contribution in [1.82, 2.24) is 5.32 Å². The van der Waals surface area contributed by atoms with Gasteiger partial charge in [0.05, 0.1) is 5.69 Å². The number of carbonyl (C=O) groups excluding carboxylic acids is 1. The van der Waals surface area contributed by atoms with Crippen molar-refractivity contribution in [2.75, 3.05) is 18.0 Å². The van der Waals surface area contributed by atoms with Crippen molar-refractivity contribution in [3.8, 4) is 0 Å². The number of halogens is 1. The Hall–Kier alpha value is -1.03. The first kappa shape index (κ1) is 11.5. The summed E-state index contributed by atoms with van der Waals surface area (Å²) in [5.74, 6) is 0. The second kappa shape index (κ2) is 4.45. The minimum Gasteiger partial charge on any atom is -0.336 e. The normalized spacial score (nSPS) is 15.4. The lowest BCUT2D eigenvalue weighted by molar-refractivity contribution is 0.252. The van der Waals surface area contributed by atoms with Gasteiger partial charge in [-0.1, -0.05) is 22.9 Å². The molecule has 86 valence electrons. The summed E-state index contributed by atoms with van der Waals surface area (Å²) >= 11 is 3.49. The summed E-state index contributed by atoms with van der Waals surface area (Å²) in [7, 11) is 0. The summed E-state index contributed by atoms with van der Waals surface area (Å²) in [5.41, 5.74) is 3.42. The molecule has 4 heteroatoms. The zero-order chi connectivity index (χ0) is 11.7. The van der Waals surface area contributed by atoms with Crippen LogP contribution in [0.15, 0.2) is 16.6 Å². The molecule has 0 aliphatic carbocycles. The number of hydrogen-bond donors (Lipinski definition) is 1. The molecule has 0 radical (unpaired) electrons. The van der Waals surface area contributed by atoms with Crippen LogP contribution in [0.1, 0.15) is 18.1 Å². The molecule has 2 rings (SSSR count). The fourth-order valence-electron chi connectivity index (χ4n) is 2.15. The van der Waals surface area contributed by atoms with Crippen molar-refractivity contribution in [3.63, 3.8) is 0 Å². The van der Waals surface area contributed by atoms with Crippen molar-refractivity contribution in [2.45, 2.75) is 20.3 Å². The largest absolute Gasteiger partial charge is 0.336 e. The molecule has 1 aromatic carbocycles. The van der Waals surface area contributed by atoms with E-state index in [4.69, 9.17) is 0 Å². The van der Waals surface area contributed by atoms with E-state index < -0.39 is 0 Å². The van der Waals surface area contributed by atoms with Gasteiger partial charge in [-0.15, -0.1) is 0 Å². The molecule has 1 aliphatic rings. The number of rotatable bonds is 2. The van der Waals surface area contributed by atoms with Crippen molar-refractivity contribution < 1.29 is 4.79 Å². The summed E-state index contributed by atoms with van der Waals surface area (Å²) < 4.78 is 1.07. The summed E-state index contributed by atoms with van der Waals surface area (Å²) in [4.78, 5) is 13.5. The van der Waals surface area contributed by atoms with Gasteiger partial charge in [-0.3, -0.25) is 4.90 Å². The number of aryl methyl sites for hydroxylation is 2. The Labute approximate surface area is 104 Å². The van der Waals surface area contributed by atoms with Crippen LogP contribution in [0.5, 0.6) is 0 Å². The zero-order valence-electron chi connectivity index (χ0n) is 9.51. The van der Waals surface area contributed by atoms with Crippen LogP contribution in [0.25, 0.3) is 0 Å². The highest BCUT2D eigenvalue weighted by Gasteiger charge is 2.24. The number of nitrogens with one attached hydrogen (secondary N) is 1. The first-order chi connectivity index (χ1) is 7.63. The van der Waals surface area contributed by atoms with Gasteiger partial charge in [-0.05, 0) is 36.6 Å². The highest BCUT2D eigenvalue weighted by molar-refractivity contribution is 9.10. The van der Waals surface area contributed by atoms with Crippen LogP contribution in [-0.2, 0) is 6.42 Å². The second-order valence-corrected chi connectivity index (χ2v) is 4.88. The van der Waals surface area contributed by atoms with Gasteiger partial charge in [0.2, 0.25) is 0 Å². The number of urea groups is 1.